The second-order valence-electron chi connectivity index (χ2n) is 5.01. The highest BCUT2D eigenvalue weighted by atomic mass is 16.5. The van der Waals surface area contributed by atoms with E-state index in [-0.39, 0.29) is 11.3 Å². The van der Waals surface area contributed by atoms with Gasteiger partial charge in [-0.3, -0.25) is 4.79 Å². The molecule has 0 aliphatic carbocycles. The van der Waals surface area contributed by atoms with Gasteiger partial charge in [0, 0.05) is 0 Å². The summed E-state index contributed by atoms with van der Waals surface area (Å²) in [6.07, 6.45) is -1.48. The molecule has 0 aliphatic heterocycles. The van der Waals surface area contributed by atoms with Gasteiger partial charge in [0.25, 0.3) is 5.91 Å². The van der Waals surface area contributed by atoms with Gasteiger partial charge in [0.1, 0.15) is 0 Å². The fourth-order valence-corrected chi connectivity index (χ4v) is 2.05. The summed E-state index contributed by atoms with van der Waals surface area (Å²) in [4.78, 5) is 35.3. The quantitative estimate of drug-likeness (QED) is 0.774. The number of rotatable bonds is 6. The molecule has 2 rings (SSSR count). The van der Waals surface area contributed by atoms with Crippen molar-refractivity contribution >= 4 is 23.5 Å². The van der Waals surface area contributed by atoms with Crippen LogP contribution in [0.2, 0.25) is 0 Å². The number of ether oxygens (including phenoxy) is 2. The molecule has 0 heterocycles. The normalized spacial score (nSPS) is 11.3. The maximum Gasteiger partial charge on any atom is 0.340 e. The van der Waals surface area contributed by atoms with Gasteiger partial charge < -0.3 is 19.9 Å². The van der Waals surface area contributed by atoms with E-state index in [1.165, 1.54) is 19.2 Å². The molecule has 0 bridgehead atoms. The summed E-state index contributed by atoms with van der Waals surface area (Å²) >= 11 is 0. The van der Waals surface area contributed by atoms with E-state index in [1.54, 1.807) is 42.5 Å². The highest BCUT2D eigenvalue weighted by Crippen LogP contribution is 2.16. The number of nitrogens with one attached hydrogen (secondary N) is 1. The van der Waals surface area contributed by atoms with Crippen LogP contribution < -0.4 is 5.32 Å². The van der Waals surface area contributed by atoms with Crippen LogP contribution in [0.1, 0.15) is 22.0 Å². The Morgan fingerprint density at radius 2 is 1.68 bits per heavy atom. The van der Waals surface area contributed by atoms with Crippen LogP contribution in [0.15, 0.2) is 54.6 Å². The summed E-state index contributed by atoms with van der Waals surface area (Å²) < 4.78 is 9.43. The Bertz CT molecular complexity index is 759. The van der Waals surface area contributed by atoms with Crippen LogP contribution in [0.25, 0.3) is 0 Å². The number of anilines is 1. The summed E-state index contributed by atoms with van der Waals surface area (Å²) in [6, 6.07) is 14.5. The molecule has 0 aliphatic rings. The van der Waals surface area contributed by atoms with E-state index in [0.717, 1.165) is 0 Å². The lowest BCUT2D eigenvalue weighted by atomic mass is 10.1. The molecule has 0 saturated carbocycles. The van der Waals surface area contributed by atoms with Crippen LogP contribution in [0.5, 0.6) is 0 Å². The molecule has 0 radical (unpaired) electrons. The first-order valence-electron chi connectivity index (χ1n) is 7.39. The van der Waals surface area contributed by atoms with Gasteiger partial charge in [0.05, 0.1) is 18.4 Å². The number of para-hydroxylation sites is 1. The number of methoxy groups -OCH3 is 1. The summed E-state index contributed by atoms with van der Waals surface area (Å²) in [5, 5.41) is 12.3. The Hall–Kier alpha value is -3.19. The average molecular weight is 343 g/mol. The van der Waals surface area contributed by atoms with Crippen LogP contribution in [0.3, 0.4) is 0 Å². The minimum absolute atomic E-state index is 0.175. The molecule has 0 fully saturated rings. The predicted molar refractivity (Wildman–Crippen MR) is 88.8 cm³/mol. The van der Waals surface area contributed by atoms with Crippen LogP contribution in [0, 0.1) is 0 Å². The van der Waals surface area contributed by atoms with Gasteiger partial charge >= 0.3 is 11.9 Å². The predicted octanol–water partition coefficient (Wildman–Crippen LogP) is 1.69. The zero-order valence-electron chi connectivity index (χ0n) is 13.5. The van der Waals surface area contributed by atoms with Crippen molar-refractivity contribution in [3.8, 4) is 0 Å². The first-order valence-corrected chi connectivity index (χ1v) is 7.39. The lowest BCUT2D eigenvalue weighted by molar-refractivity contribution is -0.156. The van der Waals surface area contributed by atoms with E-state index in [4.69, 9.17) is 4.74 Å². The number of hydrogen-bond donors (Lipinski definition) is 2. The highest BCUT2D eigenvalue weighted by Gasteiger charge is 2.20. The van der Waals surface area contributed by atoms with Crippen LogP contribution in [-0.4, -0.2) is 36.7 Å². The maximum atomic E-state index is 11.9. The van der Waals surface area contributed by atoms with Crippen LogP contribution >= 0.6 is 0 Å². The third-order valence-electron chi connectivity index (χ3n) is 3.29. The number of carbonyl (C=O) groups excluding carboxylic acids is 3. The van der Waals surface area contributed by atoms with Crippen molar-refractivity contribution in [2.45, 2.75) is 6.10 Å². The largest absolute Gasteiger partial charge is 0.465 e. The maximum absolute atomic E-state index is 11.9. The molecular formula is C18H17NO6. The topological polar surface area (TPSA) is 102 Å². The number of hydrogen-bond acceptors (Lipinski definition) is 6. The SMILES string of the molecule is COC(=O)c1ccccc1NC(=O)COC(=O)[C@H](O)c1ccccc1. The molecule has 1 atom stereocenters. The Morgan fingerprint density at radius 1 is 1.04 bits per heavy atom. The van der Waals surface area contributed by atoms with E-state index in [9.17, 15) is 19.5 Å². The second-order valence-corrected chi connectivity index (χ2v) is 5.01. The molecule has 1 amide bonds. The van der Waals surface area contributed by atoms with Crippen molar-refractivity contribution in [2.75, 3.05) is 19.0 Å². The van der Waals surface area contributed by atoms with Gasteiger partial charge in [-0.1, -0.05) is 42.5 Å². The van der Waals surface area contributed by atoms with Crippen molar-refractivity contribution < 1.29 is 29.0 Å². The monoisotopic (exact) mass is 343 g/mol. The summed E-state index contributed by atoms with van der Waals surface area (Å²) in [5.74, 6) is -2.19. The van der Waals surface area contributed by atoms with E-state index in [2.05, 4.69) is 10.1 Å². The number of aliphatic hydroxyl groups excluding tert-OH is 1. The number of benzene rings is 2. The Kier molecular flexibility index (Phi) is 6.25. The Balaban J connectivity index is 1.93. The number of carbonyl (C=O) groups is 3. The average Bonchev–Trinajstić information content (AvgIpc) is 2.66. The van der Waals surface area contributed by atoms with Crippen LogP contribution in [0.4, 0.5) is 5.69 Å². The molecule has 2 aromatic rings. The zero-order chi connectivity index (χ0) is 18.2. The lowest BCUT2D eigenvalue weighted by Gasteiger charge is -2.12. The molecule has 7 nitrogen and oxygen atoms in total. The third-order valence-corrected chi connectivity index (χ3v) is 3.29. The zero-order valence-corrected chi connectivity index (χ0v) is 13.5. The lowest BCUT2D eigenvalue weighted by Crippen LogP contribution is -2.24. The number of esters is 2. The van der Waals surface area contributed by atoms with Gasteiger partial charge in [-0.15, -0.1) is 0 Å². The smallest absolute Gasteiger partial charge is 0.340 e. The second kappa shape index (κ2) is 8.60. The van der Waals surface area contributed by atoms with Crippen LogP contribution in [-0.2, 0) is 19.1 Å². The first-order chi connectivity index (χ1) is 12.0. The summed E-state index contributed by atoms with van der Waals surface area (Å²) in [6.45, 7) is -0.599. The molecule has 2 aromatic carbocycles. The molecule has 0 saturated heterocycles. The van der Waals surface area contributed by atoms with E-state index in [1.807, 2.05) is 0 Å². The Morgan fingerprint density at radius 3 is 2.36 bits per heavy atom. The minimum Gasteiger partial charge on any atom is -0.465 e. The standard InChI is InChI=1S/C18H17NO6/c1-24-17(22)13-9-5-6-10-14(13)19-15(20)11-25-18(23)16(21)12-7-3-2-4-8-12/h2-10,16,21H,11H2,1H3,(H,19,20)/t16-/m1/s1. The molecule has 130 valence electrons. The molecule has 0 unspecified atom stereocenters. The molecule has 0 aromatic heterocycles. The van der Waals surface area contributed by atoms with Gasteiger partial charge in [0.15, 0.2) is 12.7 Å². The first kappa shape index (κ1) is 18.2. The third kappa shape index (κ3) is 4.89. The summed E-state index contributed by atoms with van der Waals surface area (Å²) in [7, 11) is 1.23. The van der Waals surface area contributed by atoms with Crippen molar-refractivity contribution in [3.05, 3.63) is 65.7 Å². The van der Waals surface area contributed by atoms with Crippen molar-refractivity contribution in [3.63, 3.8) is 0 Å². The van der Waals surface area contributed by atoms with E-state index < -0.39 is 30.6 Å². The van der Waals surface area contributed by atoms with E-state index >= 15 is 0 Å². The molecule has 2 N–H and O–H groups in total. The van der Waals surface area contributed by atoms with Crippen molar-refractivity contribution in [1.29, 1.82) is 0 Å². The molecule has 25 heavy (non-hydrogen) atoms. The van der Waals surface area contributed by atoms with Gasteiger partial charge in [-0.2, -0.15) is 0 Å². The fourth-order valence-electron chi connectivity index (χ4n) is 2.05. The van der Waals surface area contributed by atoms with E-state index in [0.29, 0.717) is 5.56 Å². The molecular weight excluding hydrogens is 326 g/mol. The van der Waals surface area contributed by atoms with Gasteiger partial charge in [0.2, 0.25) is 0 Å². The fraction of sp³-hybridized carbons (Fsp3) is 0.167. The van der Waals surface area contributed by atoms with Crippen molar-refractivity contribution in [2.24, 2.45) is 0 Å². The minimum atomic E-state index is -1.48. The summed E-state index contributed by atoms with van der Waals surface area (Å²) in [5.41, 5.74) is 0.775. The number of amides is 1. The van der Waals surface area contributed by atoms with Gasteiger partial charge in [-0.05, 0) is 17.7 Å². The van der Waals surface area contributed by atoms with Crippen molar-refractivity contribution in [1.82, 2.24) is 0 Å². The molecule has 0 spiro atoms. The highest BCUT2D eigenvalue weighted by molar-refractivity contribution is 6.01. The number of aliphatic hydroxyl groups is 1. The Labute approximate surface area is 144 Å². The van der Waals surface area contributed by atoms with Gasteiger partial charge in [-0.25, -0.2) is 9.59 Å². The molecule has 7 heteroatoms.